The summed E-state index contributed by atoms with van der Waals surface area (Å²) in [5, 5.41) is 31.8. The molecule has 0 aliphatic heterocycles. The summed E-state index contributed by atoms with van der Waals surface area (Å²) in [6, 6.07) is 9.67. The zero-order chi connectivity index (χ0) is 20.4. The molecule has 0 unspecified atom stereocenters. The molecule has 2 aromatic heterocycles. The van der Waals surface area contributed by atoms with Crippen LogP contribution in [-0.4, -0.2) is 26.9 Å². The lowest BCUT2D eigenvalue weighted by atomic mass is 10.1. The lowest BCUT2D eigenvalue weighted by molar-refractivity contribution is 0.276. The maximum Gasteiger partial charge on any atom is 0.170 e. The number of aromatic amines is 1. The van der Waals surface area contributed by atoms with Crippen LogP contribution in [0.3, 0.4) is 0 Å². The molecule has 2 heterocycles. The van der Waals surface area contributed by atoms with E-state index in [2.05, 4.69) is 25.8 Å². The van der Waals surface area contributed by atoms with Crippen molar-refractivity contribution in [1.29, 1.82) is 5.26 Å². The molecule has 4 rings (SSSR count). The van der Waals surface area contributed by atoms with E-state index in [1.54, 1.807) is 6.07 Å². The molecule has 0 radical (unpaired) electrons. The van der Waals surface area contributed by atoms with Crippen molar-refractivity contribution in [2.24, 2.45) is 0 Å². The van der Waals surface area contributed by atoms with Crippen molar-refractivity contribution in [3.8, 4) is 6.07 Å². The van der Waals surface area contributed by atoms with Crippen LogP contribution in [-0.2, 0) is 0 Å². The van der Waals surface area contributed by atoms with Crippen LogP contribution >= 0.6 is 0 Å². The second kappa shape index (κ2) is 7.85. The van der Waals surface area contributed by atoms with Gasteiger partial charge in [0, 0.05) is 17.7 Å². The Labute approximate surface area is 165 Å². The Bertz CT molecular complexity index is 1060. The first-order valence-corrected chi connectivity index (χ1v) is 9.13. The Hall–Kier alpha value is -3.51. The van der Waals surface area contributed by atoms with Gasteiger partial charge in [-0.25, -0.2) is 13.8 Å². The summed E-state index contributed by atoms with van der Waals surface area (Å²) >= 11 is 0. The zero-order valence-electron chi connectivity index (χ0n) is 15.3. The summed E-state index contributed by atoms with van der Waals surface area (Å²) in [6.07, 6.45) is 2.20. The normalized spacial score (nSPS) is 14.3. The minimum atomic E-state index is -0.703. The summed E-state index contributed by atoms with van der Waals surface area (Å²) in [5.41, 5.74) is 1.56. The van der Waals surface area contributed by atoms with Crippen LogP contribution in [0.2, 0.25) is 0 Å². The number of pyridine rings is 1. The average molecular weight is 396 g/mol. The van der Waals surface area contributed by atoms with Gasteiger partial charge in [0.1, 0.15) is 17.7 Å². The molecule has 1 aliphatic carbocycles. The topological polar surface area (TPSA) is 110 Å². The summed E-state index contributed by atoms with van der Waals surface area (Å²) in [6.45, 7) is -0.331. The molecule has 0 bridgehead atoms. The van der Waals surface area contributed by atoms with E-state index in [0.717, 1.165) is 24.6 Å². The van der Waals surface area contributed by atoms with E-state index < -0.39 is 17.7 Å². The molecule has 9 heteroatoms. The Morgan fingerprint density at radius 2 is 1.97 bits per heavy atom. The average Bonchev–Trinajstić information content (AvgIpc) is 3.48. The van der Waals surface area contributed by atoms with Gasteiger partial charge in [-0.1, -0.05) is 12.1 Å². The second-order valence-electron chi connectivity index (χ2n) is 6.87. The first-order chi connectivity index (χ1) is 14.1. The molecule has 29 heavy (non-hydrogen) atoms. The SMILES string of the molecule is N#Cc1cc(F)c(Nc2cc(C3CC3)[nH]n2)nc1N[C@@H](CO)c1ccc(F)cc1. The minimum absolute atomic E-state index is 0.0192. The highest BCUT2D eigenvalue weighted by Crippen LogP contribution is 2.39. The van der Waals surface area contributed by atoms with Gasteiger partial charge < -0.3 is 15.7 Å². The minimum Gasteiger partial charge on any atom is -0.394 e. The summed E-state index contributed by atoms with van der Waals surface area (Å²) in [5.74, 6) is -0.223. The third-order valence-electron chi connectivity index (χ3n) is 4.72. The summed E-state index contributed by atoms with van der Waals surface area (Å²) in [7, 11) is 0. The first-order valence-electron chi connectivity index (χ1n) is 9.13. The van der Waals surface area contributed by atoms with Gasteiger partial charge in [0.05, 0.1) is 18.2 Å². The maximum atomic E-state index is 14.4. The van der Waals surface area contributed by atoms with Crippen molar-refractivity contribution < 1.29 is 13.9 Å². The number of hydrogen-bond acceptors (Lipinski definition) is 6. The molecule has 1 saturated carbocycles. The van der Waals surface area contributed by atoms with Crippen molar-refractivity contribution >= 4 is 17.5 Å². The molecule has 1 aromatic carbocycles. The number of H-pyrrole nitrogens is 1. The van der Waals surface area contributed by atoms with E-state index in [4.69, 9.17) is 0 Å². The van der Waals surface area contributed by atoms with Crippen molar-refractivity contribution in [3.63, 3.8) is 0 Å². The van der Waals surface area contributed by atoms with Gasteiger partial charge in [-0.05, 0) is 36.6 Å². The van der Waals surface area contributed by atoms with Gasteiger partial charge in [-0.2, -0.15) is 10.4 Å². The zero-order valence-corrected chi connectivity index (χ0v) is 15.3. The predicted octanol–water partition coefficient (Wildman–Crippen LogP) is 3.72. The van der Waals surface area contributed by atoms with E-state index in [0.29, 0.717) is 17.3 Å². The smallest absolute Gasteiger partial charge is 0.170 e. The monoisotopic (exact) mass is 396 g/mol. The molecule has 148 valence electrons. The van der Waals surface area contributed by atoms with E-state index in [1.807, 2.05) is 6.07 Å². The number of nitrogens with zero attached hydrogens (tertiary/aromatic N) is 3. The van der Waals surface area contributed by atoms with Gasteiger partial charge >= 0.3 is 0 Å². The third-order valence-corrected chi connectivity index (χ3v) is 4.72. The fourth-order valence-electron chi connectivity index (χ4n) is 2.99. The molecule has 0 spiro atoms. The number of nitriles is 1. The lowest BCUT2D eigenvalue weighted by Gasteiger charge is -2.19. The highest BCUT2D eigenvalue weighted by atomic mass is 19.1. The van der Waals surface area contributed by atoms with Crippen LogP contribution in [0.15, 0.2) is 36.4 Å². The highest BCUT2D eigenvalue weighted by molar-refractivity contribution is 5.62. The Morgan fingerprint density at radius 3 is 2.62 bits per heavy atom. The molecule has 3 aromatic rings. The van der Waals surface area contributed by atoms with Gasteiger partial charge in [0.2, 0.25) is 0 Å². The Balaban J connectivity index is 1.60. The van der Waals surface area contributed by atoms with Crippen LogP contribution in [0.25, 0.3) is 0 Å². The molecule has 1 atom stereocenters. The predicted molar refractivity (Wildman–Crippen MR) is 103 cm³/mol. The standard InChI is InChI=1S/C20H18F2N6O/c21-14-5-3-12(4-6-14)17(10-29)24-19-13(9-23)7-15(22)20(26-19)25-18-8-16(27-28-18)11-1-2-11/h3-8,11,17,29H,1-2,10H2,(H3,24,25,26,27,28)/t17-/m0/s1. The number of benzene rings is 1. The second-order valence-corrected chi connectivity index (χ2v) is 6.87. The van der Waals surface area contributed by atoms with E-state index >= 15 is 0 Å². The van der Waals surface area contributed by atoms with Crippen molar-refractivity contribution in [2.45, 2.75) is 24.8 Å². The summed E-state index contributed by atoms with van der Waals surface area (Å²) < 4.78 is 27.6. The molecule has 0 amide bonds. The number of aliphatic hydroxyl groups is 1. The quantitative estimate of drug-likeness (QED) is 0.485. The van der Waals surface area contributed by atoms with Crippen molar-refractivity contribution in [3.05, 3.63) is 64.9 Å². The molecular weight excluding hydrogens is 378 g/mol. The fraction of sp³-hybridized carbons (Fsp3) is 0.250. The van der Waals surface area contributed by atoms with Crippen LogP contribution in [0, 0.1) is 23.0 Å². The van der Waals surface area contributed by atoms with Crippen LogP contribution in [0.5, 0.6) is 0 Å². The Kier molecular flexibility index (Phi) is 5.10. The molecule has 0 saturated heterocycles. The van der Waals surface area contributed by atoms with Gasteiger partial charge in [-0.3, -0.25) is 5.10 Å². The Morgan fingerprint density at radius 1 is 1.21 bits per heavy atom. The van der Waals surface area contributed by atoms with Crippen molar-refractivity contribution in [1.82, 2.24) is 15.2 Å². The number of anilines is 3. The molecule has 1 fully saturated rings. The van der Waals surface area contributed by atoms with Crippen LogP contribution in [0.1, 0.15) is 41.6 Å². The number of aromatic nitrogens is 3. The van der Waals surface area contributed by atoms with Gasteiger partial charge in [0.25, 0.3) is 0 Å². The number of halogens is 2. The third kappa shape index (κ3) is 4.17. The van der Waals surface area contributed by atoms with E-state index in [1.165, 1.54) is 24.3 Å². The van der Waals surface area contributed by atoms with E-state index in [9.17, 15) is 19.1 Å². The van der Waals surface area contributed by atoms with Crippen LogP contribution in [0.4, 0.5) is 26.2 Å². The van der Waals surface area contributed by atoms with Crippen molar-refractivity contribution in [2.75, 3.05) is 17.2 Å². The lowest BCUT2D eigenvalue weighted by Crippen LogP contribution is -2.17. The number of aliphatic hydroxyl groups excluding tert-OH is 1. The molecular formula is C20H18F2N6O. The van der Waals surface area contributed by atoms with Gasteiger partial charge in [-0.15, -0.1) is 0 Å². The highest BCUT2D eigenvalue weighted by Gasteiger charge is 2.26. The van der Waals surface area contributed by atoms with Crippen LogP contribution < -0.4 is 10.6 Å². The number of rotatable bonds is 7. The maximum absolute atomic E-state index is 14.4. The molecule has 7 nitrogen and oxygen atoms in total. The molecule has 4 N–H and O–H groups in total. The first kappa shape index (κ1) is 18.8. The largest absolute Gasteiger partial charge is 0.394 e. The number of nitrogens with one attached hydrogen (secondary N) is 3. The molecule has 1 aliphatic rings. The van der Waals surface area contributed by atoms with Gasteiger partial charge in [0.15, 0.2) is 17.5 Å². The summed E-state index contributed by atoms with van der Waals surface area (Å²) in [4.78, 5) is 4.18. The fourth-order valence-corrected chi connectivity index (χ4v) is 2.99. The number of hydrogen-bond donors (Lipinski definition) is 4. The van der Waals surface area contributed by atoms with E-state index in [-0.39, 0.29) is 23.8 Å².